The molecule has 25 heavy (non-hydrogen) atoms. The van der Waals surface area contributed by atoms with Gasteiger partial charge in [0.1, 0.15) is 11.6 Å². The number of ether oxygens (including phenoxy) is 1. The summed E-state index contributed by atoms with van der Waals surface area (Å²) < 4.78 is 11.0. The zero-order chi connectivity index (χ0) is 17.1. The van der Waals surface area contributed by atoms with Crippen molar-refractivity contribution < 1.29 is 13.9 Å². The van der Waals surface area contributed by atoms with Gasteiger partial charge in [-0.05, 0) is 37.5 Å². The molecular formula is C18H18N4O3. The minimum absolute atomic E-state index is 0.0213. The maximum atomic E-state index is 12.6. The Bertz CT molecular complexity index is 832. The summed E-state index contributed by atoms with van der Waals surface area (Å²) in [6.45, 7) is 0.764. The van der Waals surface area contributed by atoms with Crippen molar-refractivity contribution in [3.05, 3.63) is 48.6 Å². The van der Waals surface area contributed by atoms with Crippen molar-refractivity contribution in [2.45, 2.75) is 31.9 Å². The van der Waals surface area contributed by atoms with Gasteiger partial charge in [-0.25, -0.2) is 19.7 Å². The van der Waals surface area contributed by atoms with Gasteiger partial charge in [0, 0.05) is 18.9 Å². The van der Waals surface area contributed by atoms with Crippen LogP contribution in [-0.2, 0) is 16.1 Å². The number of piperidine rings is 1. The first-order valence-electron chi connectivity index (χ1n) is 8.36. The fourth-order valence-corrected chi connectivity index (χ4v) is 3.07. The number of benzene rings is 1. The number of nitrogens with zero attached hydrogens (tertiary/aromatic N) is 4. The van der Waals surface area contributed by atoms with Crippen LogP contribution in [0.5, 0.6) is 0 Å². The Kier molecular flexibility index (Phi) is 4.28. The van der Waals surface area contributed by atoms with Crippen LogP contribution in [-0.4, -0.2) is 33.5 Å². The minimum Gasteiger partial charge on any atom is -0.454 e. The van der Waals surface area contributed by atoms with Crippen LogP contribution in [0.1, 0.15) is 25.2 Å². The van der Waals surface area contributed by atoms with Crippen molar-refractivity contribution in [2.75, 3.05) is 11.4 Å². The van der Waals surface area contributed by atoms with Gasteiger partial charge in [-0.3, -0.25) is 0 Å². The number of aromatic nitrogens is 3. The van der Waals surface area contributed by atoms with E-state index in [1.165, 1.54) is 0 Å². The van der Waals surface area contributed by atoms with E-state index in [1.807, 2.05) is 29.2 Å². The predicted molar refractivity (Wildman–Crippen MR) is 90.8 cm³/mol. The Morgan fingerprint density at radius 2 is 2.04 bits per heavy atom. The molecule has 1 fully saturated rings. The summed E-state index contributed by atoms with van der Waals surface area (Å²) in [4.78, 5) is 27.3. The molecule has 0 saturated carbocycles. The number of esters is 1. The Morgan fingerprint density at radius 1 is 1.20 bits per heavy atom. The van der Waals surface area contributed by atoms with Crippen LogP contribution in [0.3, 0.4) is 0 Å². The highest BCUT2D eigenvalue weighted by atomic mass is 16.5. The average Bonchev–Trinajstić information content (AvgIpc) is 3.10. The number of para-hydroxylation sites is 2. The van der Waals surface area contributed by atoms with Crippen molar-refractivity contribution in [3.8, 4) is 0 Å². The largest absolute Gasteiger partial charge is 0.454 e. The van der Waals surface area contributed by atoms with Crippen LogP contribution in [0.4, 0.5) is 5.95 Å². The smallest absolute Gasteiger partial charge is 0.329 e. The molecule has 1 aliphatic rings. The van der Waals surface area contributed by atoms with E-state index >= 15 is 0 Å². The highest BCUT2D eigenvalue weighted by Crippen LogP contribution is 2.23. The molecule has 0 aliphatic carbocycles. The lowest BCUT2D eigenvalue weighted by molar-refractivity contribution is -0.147. The van der Waals surface area contributed by atoms with E-state index in [-0.39, 0.29) is 18.6 Å². The maximum Gasteiger partial charge on any atom is 0.329 e. The van der Waals surface area contributed by atoms with Gasteiger partial charge in [-0.2, -0.15) is 0 Å². The Labute approximate surface area is 144 Å². The molecule has 1 atom stereocenters. The molecule has 128 valence electrons. The molecule has 1 unspecified atom stereocenters. The van der Waals surface area contributed by atoms with E-state index in [0.717, 1.165) is 31.3 Å². The lowest BCUT2D eigenvalue weighted by Gasteiger charge is -2.33. The van der Waals surface area contributed by atoms with Gasteiger partial charge in [-0.1, -0.05) is 12.1 Å². The Balaban J connectivity index is 1.45. The van der Waals surface area contributed by atoms with E-state index in [2.05, 4.69) is 15.0 Å². The highest BCUT2D eigenvalue weighted by molar-refractivity contribution is 5.79. The van der Waals surface area contributed by atoms with Crippen molar-refractivity contribution in [1.29, 1.82) is 0 Å². The van der Waals surface area contributed by atoms with Gasteiger partial charge >= 0.3 is 5.97 Å². The summed E-state index contributed by atoms with van der Waals surface area (Å²) in [6.07, 6.45) is 6.07. The number of hydrogen-bond acceptors (Lipinski definition) is 7. The molecule has 0 N–H and O–H groups in total. The number of anilines is 1. The van der Waals surface area contributed by atoms with Gasteiger partial charge in [0.25, 0.3) is 0 Å². The van der Waals surface area contributed by atoms with Crippen LogP contribution in [0.25, 0.3) is 11.1 Å². The van der Waals surface area contributed by atoms with Crippen LogP contribution in [0, 0.1) is 0 Å². The molecule has 7 heteroatoms. The van der Waals surface area contributed by atoms with Crippen LogP contribution in [0.2, 0.25) is 0 Å². The third-order valence-corrected chi connectivity index (χ3v) is 4.26. The monoisotopic (exact) mass is 338 g/mol. The molecule has 1 aromatic carbocycles. The summed E-state index contributed by atoms with van der Waals surface area (Å²) in [5.74, 6) is 0.660. The van der Waals surface area contributed by atoms with E-state index in [4.69, 9.17) is 9.15 Å². The van der Waals surface area contributed by atoms with Crippen molar-refractivity contribution in [2.24, 2.45) is 0 Å². The summed E-state index contributed by atoms with van der Waals surface area (Å²) in [5.41, 5.74) is 1.44. The molecule has 0 radical (unpaired) electrons. The van der Waals surface area contributed by atoms with E-state index in [0.29, 0.717) is 17.4 Å². The predicted octanol–water partition coefficient (Wildman–Crippen LogP) is 2.72. The third kappa shape index (κ3) is 3.31. The second-order valence-corrected chi connectivity index (χ2v) is 5.94. The van der Waals surface area contributed by atoms with Gasteiger partial charge in [-0.15, -0.1) is 0 Å². The Morgan fingerprint density at radius 3 is 2.88 bits per heavy atom. The number of hydrogen-bond donors (Lipinski definition) is 0. The fourth-order valence-electron chi connectivity index (χ4n) is 3.07. The first-order valence-corrected chi connectivity index (χ1v) is 8.36. The molecule has 7 nitrogen and oxygen atoms in total. The SMILES string of the molecule is O=C(OCc1nc2ccccc2o1)C1CCCCN1c1ncccn1. The molecule has 4 rings (SSSR count). The first kappa shape index (κ1) is 15.6. The highest BCUT2D eigenvalue weighted by Gasteiger charge is 2.31. The lowest BCUT2D eigenvalue weighted by atomic mass is 10.0. The van der Waals surface area contributed by atoms with Gasteiger partial charge in [0.2, 0.25) is 11.8 Å². The first-order chi connectivity index (χ1) is 12.3. The maximum absolute atomic E-state index is 12.6. The third-order valence-electron chi connectivity index (χ3n) is 4.26. The number of oxazole rings is 1. The summed E-state index contributed by atoms with van der Waals surface area (Å²) in [7, 11) is 0. The van der Waals surface area contributed by atoms with Crippen molar-refractivity contribution >= 4 is 23.0 Å². The molecule has 0 spiro atoms. The summed E-state index contributed by atoms with van der Waals surface area (Å²) >= 11 is 0. The second-order valence-electron chi connectivity index (χ2n) is 5.94. The molecule has 0 bridgehead atoms. The van der Waals surface area contributed by atoms with Gasteiger partial charge in [0.05, 0.1) is 0 Å². The fraction of sp³-hybridized carbons (Fsp3) is 0.333. The molecule has 1 saturated heterocycles. The minimum atomic E-state index is -0.375. The zero-order valence-electron chi connectivity index (χ0n) is 13.7. The normalized spacial score (nSPS) is 17.6. The molecule has 3 heterocycles. The quantitative estimate of drug-likeness (QED) is 0.676. The second kappa shape index (κ2) is 6.88. The molecular weight excluding hydrogens is 320 g/mol. The van der Waals surface area contributed by atoms with E-state index < -0.39 is 0 Å². The number of carbonyl (C=O) groups is 1. The van der Waals surface area contributed by atoms with E-state index in [1.54, 1.807) is 18.5 Å². The number of fused-ring (bicyclic) bond motifs is 1. The average molecular weight is 338 g/mol. The molecule has 3 aromatic rings. The molecule has 2 aromatic heterocycles. The van der Waals surface area contributed by atoms with Gasteiger partial charge in [0.15, 0.2) is 12.2 Å². The van der Waals surface area contributed by atoms with Crippen LogP contribution < -0.4 is 4.90 Å². The topological polar surface area (TPSA) is 81.4 Å². The molecule has 0 amide bonds. The van der Waals surface area contributed by atoms with Crippen LogP contribution in [0.15, 0.2) is 47.1 Å². The van der Waals surface area contributed by atoms with Crippen LogP contribution >= 0.6 is 0 Å². The lowest BCUT2D eigenvalue weighted by Crippen LogP contribution is -2.46. The molecule has 1 aliphatic heterocycles. The standard InChI is InChI=1S/C18H18N4O3/c23-17(24-12-16-21-13-6-1-2-8-15(13)25-16)14-7-3-4-11-22(14)18-19-9-5-10-20-18/h1-2,5-6,8-10,14H,3-4,7,11-12H2. The summed E-state index contributed by atoms with van der Waals surface area (Å²) in [5, 5.41) is 0. The summed E-state index contributed by atoms with van der Waals surface area (Å²) in [6, 6.07) is 8.85. The number of rotatable bonds is 4. The van der Waals surface area contributed by atoms with E-state index in [9.17, 15) is 4.79 Å². The zero-order valence-corrected chi connectivity index (χ0v) is 13.7. The van der Waals surface area contributed by atoms with Crippen molar-refractivity contribution in [3.63, 3.8) is 0 Å². The number of carbonyl (C=O) groups excluding carboxylic acids is 1. The van der Waals surface area contributed by atoms with Crippen molar-refractivity contribution in [1.82, 2.24) is 15.0 Å². The Hall–Kier alpha value is -2.96. The van der Waals surface area contributed by atoms with Gasteiger partial charge < -0.3 is 14.1 Å².